The first kappa shape index (κ1) is 15.3. The van der Waals surface area contributed by atoms with Gasteiger partial charge in [-0.1, -0.05) is 0 Å². The van der Waals surface area contributed by atoms with Gasteiger partial charge >= 0.3 is 102 Å². The summed E-state index contributed by atoms with van der Waals surface area (Å²) in [7, 11) is -4.40. The van der Waals surface area contributed by atoms with E-state index in [1.165, 1.54) is 0 Å². The van der Waals surface area contributed by atoms with Gasteiger partial charge in [0.25, 0.3) is 0 Å². The Morgan fingerprint density at radius 2 is 1.81 bits per heavy atom. The standard InChI is InChI=1S/C7H5O6S.Hg.H2O/c8-6-3-4(14(11,12)13)1-2-5(6)7(9)10;;/h2-3,8H,(H,9,10)(H,11,12,13);;1H2. The van der Waals surface area contributed by atoms with Crippen LogP contribution >= 0.6 is 0 Å². The number of hydrogen-bond acceptors (Lipinski definition) is 4. The molecule has 5 N–H and O–H groups in total. The van der Waals surface area contributed by atoms with E-state index in [2.05, 4.69) is 0 Å². The molecule has 1 aromatic carbocycles. The zero-order valence-corrected chi connectivity index (χ0v) is 14.2. The Hall–Kier alpha value is -0.705. The van der Waals surface area contributed by atoms with E-state index in [9.17, 15) is 18.3 Å². The molecule has 16 heavy (non-hydrogen) atoms. The molecular weight excluding hydrogens is 429 g/mol. The Labute approximate surface area is 107 Å². The number of hydrogen-bond donors (Lipinski definition) is 3. The summed E-state index contributed by atoms with van der Waals surface area (Å²) < 4.78 is 30.6. The molecule has 0 aliphatic heterocycles. The monoisotopic (exact) mass is 437 g/mol. The number of carbonyl (C=O) groups is 1. The van der Waals surface area contributed by atoms with Crippen LogP contribution in [0.5, 0.6) is 5.75 Å². The van der Waals surface area contributed by atoms with Gasteiger partial charge in [-0.3, -0.25) is 0 Å². The number of carboxylic acids is 1. The molecule has 0 saturated heterocycles. The van der Waals surface area contributed by atoms with Crippen LogP contribution in [0.1, 0.15) is 10.4 Å². The van der Waals surface area contributed by atoms with Crippen molar-refractivity contribution in [1.29, 1.82) is 0 Å². The Bertz CT molecular complexity index is 522. The molecule has 0 aliphatic carbocycles. The normalized spacial score (nSPS) is 10.7. The third-order valence-corrected chi connectivity index (χ3v) is 5.89. The zero-order chi connectivity index (χ0) is 11.8. The first-order chi connectivity index (χ1) is 6.73. The van der Waals surface area contributed by atoms with Gasteiger partial charge in [0.05, 0.1) is 0 Å². The molecule has 0 aromatic heterocycles. The molecule has 0 radical (unpaired) electrons. The molecule has 0 aliphatic rings. The van der Waals surface area contributed by atoms with Crippen LogP contribution in [0.25, 0.3) is 0 Å². The summed E-state index contributed by atoms with van der Waals surface area (Å²) >= 11 is -0.197. The first-order valence-corrected chi connectivity index (χ1v) is 7.82. The van der Waals surface area contributed by atoms with Crippen molar-refractivity contribution in [1.82, 2.24) is 0 Å². The van der Waals surface area contributed by atoms with Gasteiger partial charge in [-0.15, -0.1) is 0 Å². The van der Waals surface area contributed by atoms with Crippen molar-refractivity contribution in [2.75, 3.05) is 0 Å². The van der Waals surface area contributed by atoms with E-state index in [0.29, 0.717) is 0 Å². The number of rotatable bonds is 2. The maximum absolute atomic E-state index is 10.8. The fourth-order valence-electron chi connectivity index (χ4n) is 1.03. The van der Waals surface area contributed by atoms with Crippen molar-refractivity contribution in [2.45, 2.75) is 4.90 Å². The van der Waals surface area contributed by atoms with E-state index in [1.807, 2.05) is 0 Å². The van der Waals surface area contributed by atoms with Gasteiger partial charge in [0, 0.05) is 0 Å². The maximum atomic E-state index is 10.8. The molecule has 0 unspecified atom stereocenters. The summed E-state index contributed by atoms with van der Waals surface area (Å²) in [6.45, 7) is 0. The SMILES string of the molecule is O.O=C(O)c1c[c]([Hg])c(S(=O)(=O)O)cc1O. The van der Waals surface area contributed by atoms with Gasteiger partial charge in [-0.2, -0.15) is 0 Å². The van der Waals surface area contributed by atoms with E-state index < -0.39 is 26.7 Å². The molecule has 0 fully saturated rings. The summed E-state index contributed by atoms with van der Waals surface area (Å²) in [6.07, 6.45) is 0. The second-order valence-electron chi connectivity index (χ2n) is 2.76. The van der Waals surface area contributed by atoms with Gasteiger partial charge in [-0.25, -0.2) is 0 Å². The molecule has 0 heterocycles. The Kier molecular flexibility index (Phi) is 4.86. The molecule has 9 heteroatoms. The molecule has 0 spiro atoms. The summed E-state index contributed by atoms with van der Waals surface area (Å²) in [5.41, 5.74) is -0.368. The molecule has 7 nitrogen and oxygen atoms in total. The Morgan fingerprint density at radius 3 is 2.19 bits per heavy atom. The summed E-state index contributed by atoms with van der Waals surface area (Å²) in [4.78, 5) is 10.2. The minimum absolute atomic E-state index is 0. The number of phenols is 1. The molecule has 0 amide bonds. The number of carboxylic acid groups (broad SMARTS) is 1. The van der Waals surface area contributed by atoms with E-state index in [0.717, 1.165) is 12.1 Å². The average Bonchev–Trinajstić information content (AvgIpc) is 2.06. The Balaban J connectivity index is 0.00000225. The van der Waals surface area contributed by atoms with Crippen LogP contribution in [0.4, 0.5) is 0 Å². The third kappa shape index (κ3) is 3.14. The topological polar surface area (TPSA) is 143 Å². The summed E-state index contributed by atoms with van der Waals surface area (Å²) in [5.74, 6) is -2.02. The Morgan fingerprint density at radius 1 is 1.31 bits per heavy atom. The van der Waals surface area contributed by atoms with Crippen LogP contribution < -0.4 is 3.07 Å². The summed E-state index contributed by atoms with van der Waals surface area (Å²) in [5, 5.41) is 17.8. The molecule has 0 saturated carbocycles. The van der Waals surface area contributed by atoms with Crippen LogP contribution in [0.3, 0.4) is 0 Å². The van der Waals surface area contributed by atoms with Crippen molar-refractivity contribution in [2.24, 2.45) is 0 Å². The van der Waals surface area contributed by atoms with Gasteiger partial charge in [0.1, 0.15) is 0 Å². The van der Waals surface area contributed by atoms with Gasteiger partial charge in [-0.05, 0) is 0 Å². The molecule has 0 bridgehead atoms. The second kappa shape index (κ2) is 5.08. The van der Waals surface area contributed by atoms with E-state index >= 15 is 0 Å². The molecule has 1 aromatic rings. The van der Waals surface area contributed by atoms with Crippen molar-refractivity contribution in [3.8, 4) is 5.75 Å². The zero-order valence-electron chi connectivity index (χ0n) is 7.84. The number of benzene rings is 1. The average molecular weight is 436 g/mol. The third-order valence-electron chi connectivity index (χ3n) is 1.69. The van der Waals surface area contributed by atoms with E-state index in [1.54, 1.807) is 0 Å². The van der Waals surface area contributed by atoms with Crippen molar-refractivity contribution in [3.05, 3.63) is 17.7 Å². The molecule has 0 atom stereocenters. The molecule has 85 valence electrons. The minimum atomic E-state index is -4.40. The van der Waals surface area contributed by atoms with Gasteiger partial charge in [0.2, 0.25) is 0 Å². The fourth-order valence-corrected chi connectivity index (χ4v) is 4.99. The molecule has 1 rings (SSSR count). The first-order valence-electron chi connectivity index (χ1n) is 3.63. The van der Waals surface area contributed by atoms with Gasteiger partial charge < -0.3 is 5.48 Å². The number of aromatic carboxylic acids is 1. The van der Waals surface area contributed by atoms with Crippen LogP contribution in [-0.2, 0) is 36.2 Å². The van der Waals surface area contributed by atoms with Crippen molar-refractivity contribution in [3.63, 3.8) is 0 Å². The van der Waals surface area contributed by atoms with E-state index in [-0.39, 0.29) is 40.2 Å². The van der Waals surface area contributed by atoms with Crippen molar-refractivity contribution < 1.29 is 59.6 Å². The quantitative estimate of drug-likeness (QED) is 0.388. The second-order valence-corrected chi connectivity index (χ2v) is 7.11. The van der Waals surface area contributed by atoms with Crippen LogP contribution in [0, 0.1) is 0 Å². The van der Waals surface area contributed by atoms with Gasteiger partial charge in [0.15, 0.2) is 0 Å². The van der Waals surface area contributed by atoms with Crippen LogP contribution in [0.2, 0.25) is 0 Å². The number of aromatic hydroxyl groups is 1. The van der Waals surface area contributed by atoms with Crippen LogP contribution in [0.15, 0.2) is 17.0 Å². The predicted octanol–water partition coefficient (Wildman–Crippen LogP) is -1.32. The van der Waals surface area contributed by atoms with Crippen LogP contribution in [-0.4, -0.2) is 34.6 Å². The summed E-state index contributed by atoms with van der Waals surface area (Å²) in [6, 6.07) is 1.81. The van der Waals surface area contributed by atoms with Crippen molar-refractivity contribution >= 4 is 19.2 Å². The molecular formula is C7H7HgO7S. The predicted molar refractivity (Wildman–Crippen MR) is 48.1 cm³/mol. The fraction of sp³-hybridized carbons (Fsp3) is 0. The van der Waals surface area contributed by atoms with E-state index in [4.69, 9.17) is 9.66 Å².